The Morgan fingerprint density at radius 2 is 2.05 bits per heavy atom. The number of aryl methyl sites for hydroxylation is 1. The first-order chi connectivity index (χ1) is 9.99. The summed E-state index contributed by atoms with van der Waals surface area (Å²) in [6.07, 6.45) is 4.15. The second-order valence-electron chi connectivity index (χ2n) is 5.89. The van der Waals surface area contributed by atoms with E-state index in [2.05, 4.69) is 0 Å². The maximum Gasteiger partial charge on any atom is 0.257 e. The molecule has 0 radical (unpaired) electrons. The van der Waals surface area contributed by atoms with Crippen LogP contribution in [0, 0.1) is 12.7 Å². The number of carbonyl (C=O) groups is 2. The van der Waals surface area contributed by atoms with Crippen LogP contribution in [0.3, 0.4) is 0 Å². The molecule has 114 valence electrons. The van der Waals surface area contributed by atoms with Crippen LogP contribution in [-0.2, 0) is 4.79 Å². The highest BCUT2D eigenvalue weighted by atomic mass is 19.1. The van der Waals surface area contributed by atoms with Gasteiger partial charge in [0.1, 0.15) is 11.6 Å². The molecule has 1 aliphatic heterocycles. The van der Waals surface area contributed by atoms with Gasteiger partial charge in [-0.15, -0.1) is 0 Å². The normalized spacial score (nSPS) is 19.2. The number of benzene rings is 1. The number of likely N-dealkylation sites (tertiary alicyclic amines) is 1. The molecule has 1 heterocycles. The average molecular weight is 291 g/mol. The van der Waals surface area contributed by atoms with Crippen LogP contribution in [0.25, 0.3) is 0 Å². The van der Waals surface area contributed by atoms with E-state index in [0.29, 0.717) is 13.0 Å². The van der Waals surface area contributed by atoms with Gasteiger partial charge in [0.05, 0.1) is 5.56 Å². The Bertz CT molecular complexity index is 542. The summed E-state index contributed by atoms with van der Waals surface area (Å²) in [5, 5.41) is 0. The minimum absolute atomic E-state index is 0.0735. The molecule has 1 aromatic rings. The number of hydrogen-bond donors (Lipinski definition) is 0. The van der Waals surface area contributed by atoms with Crippen LogP contribution in [0.5, 0.6) is 0 Å². The van der Waals surface area contributed by atoms with Crippen molar-refractivity contribution >= 4 is 11.7 Å². The molecule has 1 unspecified atom stereocenters. The van der Waals surface area contributed by atoms with E-state index in [0.717, 1.165) is 31.2 Å². The van der Waals surface area contributed by atoms with E-state index in [9.17, 15) is 14.0 Å². The summed E-state index contributed by atoms with van der Waals surface area (Å²) in [7, 11) is 0. The summed E-state index contributed by atoms with van der Waals surface area (Å²) in [6.45, 7) is 3.98. The fourth-order valence-corrected chi connectivity index (χ4v) is 2.95. The van der Waals surface area contributed by atoms with Gasteiger partial charge in [-0.2, -0.15) is 0 Å². The predicted molar refractivity (Wildman–Crippen MR) is 79.7 cm³/mol. The smallest absolute Gasteiger partial charge is 0.257 e. The number of carbonyl (C=O) groups excluding carboxylic acids is 2. The Kier molecular flexibility index (Phi) is 5.10. The first kappa shape index (κ1) is 15.7. The lowest BCUT2D eigenvalue weighted by Gasteiger charge is -2.29. The van der Waals surface area contributed by atoms with Crippen molar-refractivity contribution in [3.05, 3.63) is 35.1 Å². The standard InChI is InChI=1S/C17H22FNO2/c1-12-7-8-16(18)15(10-12)17(21)19-9-5-3-4-6-14(19)11-13(2)20/h7-8,10,14H,3-6,9,11H2,1-2H3. The second kappa shape index (κ2) is 6.83. The van der Waals surface area contributed by atoms with Gasteiger partial charge in [0.15, 0.2) is 0 Å². The molecule has 3 nitrogen and oxygen atoms in total. The third-order valence-corrected chi connectivity index (χ3v) is 4.01. The average Bonchev–Trinajstić information content (AvgIpc) is 2.65. The second-order valence-corrected chi connectivity index (χ2v) is 5.89. The molecule has 0 bridgehead atoms. The van der Waals surface area contributed by atoms with E-state index in [4.69, 9.17) is 0 Å². The maximum atomic E-state index is 14.0. The minimum Gasteiger partial charge on any atom is -0.335 e. The lowest BCUT2D eigenvalue weighted by Crippen LogP contribution is -2.41. The van der Waals surface area contributed by atoms with Crippen LogP contribution in [0.2, 0.25) is 0 Å². The first-order valence-corrected chi connectivity index (χ1v) is 7.55. The zero-order valence-corrected chi connectivity index (χ0v) is 12.7. The molecule has 4 heteroatoms. The van der Waals surface area contributed by atoms with E-state index in [1.54, 1.807) is 24.0 Å². The van der Waals surface area contributed by atoms with E-state index >= 15 is 0 Å². The van der Waals surface area contributed by atoms with Gasteiger partial charge in [-0.1, -0.05) is 24.5 Å². The molecule has 1 aliphatic rings. The molecule has 0 aromatic heterocycles. The molecule has 1 fully saturated rings. The quantitative estimate of drug-likeness (QED) is 0.854. The van der Waals surface area contributed by atoms with Gasteiger partial charge in [-0.3, -0.25) is 9.59 Å². The summed E-state index contributed by atoms with van der Waals surface area (Å²) in [5.41, 5.74) is 0.975. The lowest BCUT2D eigenvalue weighted by molar-refractivity contribution is -0.118. The molecule has 1 atom stereocenters. The van der Waals surface area contributed by atoms with Crippen LogP contribution >= 0.6 is 0 Å². The Hall–Kier alpha value is -1.71. The Morgan fingerprint density at radius 1 is 1.29 bits per heavy atom. The van der Waals surface area contributed by atoms with Crippen LogP contribution in [-0.4, -0.2) is 29.2 Å². The van der Waals surface area contributed by atoms with Crippen molar-refractivity contribution in [1.29, 1.82) is 0 Å². The summed E-state index contributed by atoms with van der Waals surface area (Å²) in [5.74, 6) is -0.704. The van der Waals surface area contributed by atoms with Crippen LogP contribution in [0.15, 0.2) is 18.2 Å². The number of ketones is 1. The van der Waals surface area contributed by atoms with Gasteiger partial charge in [-0.05, 0) is 38.8 Å². The minimum atomic E-state index is -0.489. The summed E-state index contributed by atoms with van der Waals surface area (Å²) >= 11 is 0. The van der Waals surface area contributed by atoms with E-state index in [1.165, 1.54) is 6.07 Å². The number of halogens is 1. The van der Waals surface area contributed by atoms with Crippen molar-refractivity contribution in [3.63, 3.8) is 0 Å². The zero-order chi connectivity index (χ0) is 15.4. The summed E-state index contributed by atoms with van der Waals surface area (Å²) in [6, 6.07) is 4.48. The fourth-order valence-electron chi connectivity index (χ4n) is 2.95. The van der Waals surface area contributed by atoms with Gasteiger partial charge >= 0.3 is 0 Å². The Labute approximate surface area is 125 Å². The first-order valence-electron chi connectivity index (χ1n) is 7.55. The van der Waals surface area contributed by atoms with Gasteiger partial charge in [0.2, 0.25) is 0 Å². The predicted octanol–water partition coefficient (Wildman–Crippen LogP) is 3.50. The highest BCUT2D eigenvalue weighted by Crippen LogP contribution is 2.23. The Balaban J connectivity index is 2.28. The zero-order valence-electron chi connectivity index (χ0n) is 12.7. The van der Waals surface area contributed by atoms with Gasteiger partial charge in [0, 0.05) is 19.0 Å². The molecule has 0 saturated carbocycles. The van der Waals surface area contributed by atoms with E-state index in [1.807, 2.05) is 6.92 Å². The van der Waals surface area contributed by atoms with Gasteiger partial charge in [-0.25, -0.2) is 4.39 Å². The summed E-state index contributed by atoms with van der Waals surface area (Å²) in [4.78, 5) is 25.8. The molecule has 0 aliphatic carbocycles. The molecular formula is C17H22FNO2. The van der Waals surface area contributed by atoms with Gasteiger partial charge in [0.25, 0.3) is 5.91 Å². The van der Waals surface area contributed by atoms with Crippen molar-refractivity contribution < 1.29 is 14.0 Å². The highest BCUT2D eigenvalue weighted by molar-refractivity contribution is 5.95. The fraction of sp³-hybridized carbons (Fsp3) is 0.529. The largest absolute Gasteiger partial charge is 0.335 e. The van der Waals surface area contributed by atoms with Crippen molar-refractivity contribution in [2.45, 2.75) is 52.0 Å². The molecule has 1 saturated heterocycles. The molecule has 0 spiro atoms. The third kappa shape index (κ3) is 3.90. The van der Waals surface area contributed by atoms with Crippen LogP contribution < -0.4 is 0 Å². The van der Waals surface area contributed by atoms with E-state index < -0.39 is 5.82 Å². The Morgan fingerprint density at radius 3 is 2.76 bits per heavy atom. The molecule has 2 rings (SSSR count). The SMILES string of the molecule is CC(=O)CC1CCCCCN1C(=O)c1cc(C)ccc1F. The van der Waals surface area contributed by atoms with E-state index in [-0.39, 0.29) is 23.3 Å². The van der Waals surface area contributed by atoms with Crippen molar-refractivity contribution in [2.24, 2.45) is 0 Å². The molecule has 21 heavy (non-hydrogen) atoms. The number of amides is 1. The van der Waals surface area contributed by atoms with Crippen molar-refractivity contribution in [3.8, 4) is 0 Å². The number of hydrogen-bond acceptors (Lipinski definition) is 2. The monoisotopic (exact) mass is 291 g/mol. The molecule has 1 amide bonds. The molecule has 0 N–H and O–H groups in total. The number of Topliss-reactive ketones (excluding diaryl/α,β-unsaturated/α-hetero) is 1. The molecular weight excluding hydrogens is 269 g/mol. The summed E-state index contributed by atoms with van der Waals surface area (Å²) < 4.78 is 14.0. The molecule has 1 aromatic carbocycles. The number of rotatable bonds is 3. The van der Waals surface area contributed by atoms with Crippen molar-refractivity contribution in [1.82, 2.24) is 4.90 Å². The maximum absolute atomic E-state index is 14.0. The number of nitrogens with zero attached hydrogens (tertiary/aromatic N) is 1. The third-order valence-electron chi connectivity index (χ3n) is 4.01. The highest BCUT2D eigenvalue weighted by Gasteiger charge is 2.28. The topological polar surface area (TPSA) is 37.4 Å². The lowest BCUT2D eigenvalue weighted by atomic mass is 10.0. The van der Waals surface area contributed by atoms with Gasteiger partial charge < -0.3 is 4.90 Å². The van der Waals surface area contributed by atoms with Crippen molar-refractivity contribution in [2.75, 3.05) is 6.54 Å². The van der Waals surface area contributed by atoms with Crippen LogP contribution in [0.1, 0.15) is 54.9 Å². The van der Waals surface area contributed by atoms with Crippen LogP contribution in [0.4, 0.5) is 4.39 Å².